The quantitative estimate of drug-likeness (QED) is 0.182. The number of phenols is 1. The van der Waals surface area contributed by atoms with E-state index in [9.17, 15) is 22.7 Å². The first-order chi connectivity index (χ1) is 23.1. The highest BCUT2D eigenvalue weighted by atomic mass is 19.3. The molecule has 4 aliphatic heterocycles. The topological polar surface area (TPSA) is 73.8 Å². The second-order valence-electron chi connectivity index (χ2n) is 13.5. The molecule has 2 bridgehead atoms. The van der Waals surface area contributed by atoms with Crippen LogP contribution in [0.2, 0.25) is 0 Å². The number of ether oxygens (including phenoxy) is 1. The standard InChI is InChI=1S/C36H32F5N5O2/c1-2-24-28(38)7-4-20-12-23(47)13-27(30(20)24)25-5-6-26-32(31(25)41)42-34(48-19-36-9-3-11-46(36)16-21(37)14-36)43-33(26)45-17-22-8-10-35(18-45,44-22)15-29(39)40/h1,4-7,12-13,15,21-22,44,47H,3,8-11,14,16-19H2/t21-,22-,35-,36+/m1/s1. The average Bonchev–Trinajstić information content (AvgIpc) is 3.67. The van der Waals surface area contributed by atoms with Gasteiger partial charge in [0, 0.05) is 54.5 Å². The van der Waals surface area contributed by atoms with E-state index in [0.717, 1.165) is 25.5 Å². The molecule has 4 fully saturated rings. The predicted molar refractivity (Wildman–Crippen MR) is 172 cm³/mol. The molecule has 4 saturated heterocycles. The number of rotatable bonds is 6. The summed E-state index contributed by atoms with van der Waals surface area (Å²) in [7, 11) is 0. The number of piperazine rings is 1. The highest BCUT2D eigenvalue weighted by molar-refractivity contribution is 6.04. The van der Waals surface area contributed by atoms with Crippen molar-refractivity contribution in [1.29, 1.82) is 0 Å². The largest absolute Gasteiger partial charge is 0.508 e. The van der Waals surface area contributed by atoms with Crippen molar-refractivity contribution in [3.05, 3.63) is 65.8 Å². The molecule has 248 valence electrons. The number of fused-ring (bicyclic) bond motifs is 5. The normalized spacial score (nSPS) is 26.6. The Morgan fingerprint density at radius 3 is 2.79 bits per heavy atom. The third kappa shape index (κ3) is 5.02. The Morgan fingerprint density at radius 2 is 1.98 bits per heavy atom. The van der Waals surface area contributed by atoms with Crippen molar-refractivity contribution in [1.82, 2.24) is 20.2 Å². The molecule has 0 amide bonds. The molecule has 4 atom stereocenters. The summed E-state index contributed by atoms with van der Waals surface area (Å²) in [6.07, 6.45) is 6.98. The first-order valence-electron chi connectivity index (χ1n) is 16.1. The van der Waals surface area contributed by atoms with Crippen LogP contribution in [0.4, 0.5) is 27.8 Å². The Morgan fingerprint density at radius 1 is 1.12 bits per heavy atom. The summed E-state index contributed by atoms with van der Waals surface area (Å²) in [6, 6.07) is 8.29. The van der Waals surface area contributed by atoms with Gasteiger partial charge in [-0.15, -0.1) is 6.42 Å². The molecule has 0 unspecified atom stereocenters. The molecule has 5 heterocycles. The number of terminal acetylenes is 1. The van der Waals surface area contributed by atoms with E-state index in [-0.39, 0.29) is 58.5 Å². The van der Waals surface area contributed by atoms with Crippen molar-refractivity contribution in [3.8, 4) is 35.2 Å². The van der Waals surface area contributed by atoms with Crippen LogP contribution in [0.5, 0.6) is 11.8 Å². The van der Waals surface area contributed by atoms with Gasteiger partial charge in [0.25, 0.3) is 6.08 Å². The summed E-state index contributed by atoms with van der Waals surface area (Å²) < 4.78 is 79.7. The van der Waals surface area contributed by atoms with Crippen LogP contribution in [0.1, 0.15) is 37.7 Å². The van der Waals surface area contributed by atoms with Gasteiger partial charge in [-0.2, -0.15) is 18.7 Å². The summed E-state index contributed by atoms with van der Waals surface area (Å²) in [6.45, 7) is 1.77. The Kier molecular flexibility index (Phi) is 7.27. The van der Waals surface area contributed by atoms with E-state index in [1.807, 2.05) is 4.90 Å². The number of aromatic nitrogens is 2. The molecule has 12 heteroatoms. The van der Waals surface area contributed by atoms with Crippen LogP contribution >= 0.6 is 0 Å². The second-order valence-corrected chi connectivity index (χ2v) is 13.5. The lowest BCUT2D eigenvalue weighted by Crippen LogP contribution is -2.59. The third-order valence-electron chi connectivity index (χ3n) is 10.5. The predicted octanol–water partition coefficient (Wildman–Crippen LogP) is 6.46. The van der Waals surface area contributed by atoms with Crippen LogP contribution in [0, 0.1) is 24.0 Å². The molecule has 3 aromatic carbocycles. The van der Waals surface area contributed by atoms with E-state index in [4.69, 9.17) is 16.1 Å². The number of halogens is 5. The fourth-order valence-corrected chi connectivity index (χ4v) is 8.51. The van der Waals surface area contributed by atoms with Crippen LogP contribution in [0.25, 0.3) is 32.8 Å². The Bertz CT molecular complexity index is 2050. The molecule has 0 radical (unpaired) electrons. The monoisotopic (exact) mass is 661 g/mol. The average molecular weight is 662 g/mol. The van der Waals surface area contributed by atoms with E-state index in [1.165, 1.54) is 30.3 Å². The maximum absolute atomic E-state index is 16.9. The van der Waals surface area contributed by atoms with Gasteiger partial charge in [0.1, 0.15) is 35.7 Å². The molecule has 0 aliphatic carbocycles. The highest BCUT2D eigenvalue weighted by Gasteiger charge is 2.50. The van der Waals surface area contributed by atoms with E-state index in [2.05, 4.69) is 21.1 Å². The smallest absolute Gasteiger partial charge is 0.319 e. The van der Waals surface area contributed by atoms with Crippen LogP contribution < -0.4 is 15.0 Å². The number of nitrogens with one attached hydrogen (secondary N) is 1. The first kappa shape index (κ1) is 30.8. The minimum atomic E-state index is -1.79. The summed E-state index contributed by atoms with van der Waals surface area (Å²) in [5.41, 5.74) is -1.51. The van der Waals surface area contributed by atoms with Crippen LogP contribution in [-0.2, 0) is 0 Å². The fraction of sp³-hybridized carbons (Fsp3) is 0.389. The first-order valence-corrected chi connectivity index (χ1v) is 16.1. The van der Waals surface area contributed by atoms with Crippen molar-refractivity contribution in [2.24, 2.45) is 0 Å². The zero-order valence-electron chi connectivity index (χ0n) is 25.9. The molecule has 7 nitrogen and oxygen atoms in total. The van der Waals surface area contributed by atoms with Crippen molar-refractivity contribution < 1.29 is 31.8 Å². The van der Waals surface area contributed by atoms with Crippen LogP contribution in [-0.4, -0.2) is 76.1 Å². The highest BCUT2D eigenvalue weighted by Crippen LogP contribution is 2.43. The number of aromatic hydroxyl groups is 1. The molecular formula is C36H32F5N5O2. The van der Waals surface area contributed by atoms with E-state index in [0.29, 0.717) is 48.9 Å². The summed E-state index contributed by atoms with van der Waals surface area (Å²) in [5, 5.41) is 14.9. The Balaban J connectivity index is 1.28. The van der Waals surface area contributed by atoms with Gasteiger partial charge in [-0.25, -0.2) is 13.2 Å². The zero-order chi connectivity index (χ0) is 33.4. The number of phenolic OH excluding ortho intramolecular Hbond substituents is 1. The van der Waals surface area contributed by atoms with Gasteiger partial charge in [-0.05, 0) is 67.4 Å². The number of hydrogen-bond acceptors (Lipinski definition) is 7. The van der Waals surface area contributed by atoms with Gasteiger partial charge < -0.3 is 20.1 Å². The minimum Gasteiger partial charge on any atom is -0.508 e. The third-order valence-corrected chi connectivity index (χ3v) is 10.5. The van der Waals surface area contributed by atoms with Gasteiger partial charge >= 0.3 is 6.01 Å². The summed E-state index contributed by atoms with van der Waals surface area (Å²) in [5.74, 6) is 1.05. The molecule has 4 aromatic rings. The number of alkyl halides is 1. The van der Waals surface area contributed by atoms with Crippen molar-refractivity contribution in [3.63, 3.8) is 0 Å². The zero-order valence-corrected chi connectivity index (χ0v) is 25.9. The maximum atomic E-state index is 16.9. The van der Waals surface area contributed by atoms with Gasteiger partial charge in [0.15, 0.2) is 5.82 Å². The van der Waals surface area contributed by atoms with Crippen molar-refractivity contribution >= 4 is 27.5 Å². The minimum absolute atomic E-state index is 0.0111. The van der Waals surface area contributed by atoms with E-state index < -0.39 is 35.0 Å². The molecule has 2 N–H and O–H groups in total. The molecule has 0 spiro atoms. The van der Waals surface area contributed by atoms with Crippen LogP contribution in [0.3, 0.4) is 0 Å². The molecule has 8 rings (SSSR count). The lowest BCUT2D eigenvalue weighted by Gasteiger charge is -2.40. The van der Waals surface area contributed by atoms with Gasteiger partial charge in [-0.1, -0.05) is 18.1 Å². The second kappa shape index (κ2) is 11.3. The van der Waals surface area contributed by atoms with Gasteiger partial charge in [0.05, 0.1) is 16.6 Å². The lowest BCUT2D eigenvalue weighted by molar-refractivity contribution is 0.107. The fourth-order valence-electron chi connectivity index (χ4n) is 8.51. The molecule has 0 saturated carbocycles. The molecule has 4 aliphatic rings. The van der Waals surface area contributed by atoms with E-state index >= 15 is 4.39 Å². The summed E-state index contributed by atoms with van der Waals surface area (Å²) >= 11 is 0. The maximum Gasteiger partial charge on any atom is 0.319 e. The molecule has 48 heavy (non-hydrogen) atoms. The van der Waals surface area contributed by atoms with E-state index in [1.54, 1.807) is 6.07 Å². The number of benzene rings is 3. The van der Waals surface area contributed by atoms with Crippen molar-refractivity contribution in [2.45, 2.75) is 55.4 Å². The Labute approximate surface area is 273 Å². The summed E-state index contributed by atoms with van der Waals surface area (Å²) in [4.78, 5) is 13.2. The SMILES string of the molecule is C#Cc1c(F)ccc2cc(O)cc(-c3ccc4c(N5C[C@H]6CC[C@@](C=C(F)F)(C5)N6)nc(OC[C@@]56CCCN5C[C@H](F)C6)nc4c3F)c12. The molecule has 1 aromatic heterocycles. The number of anilines is 1. The Hall–Kier alpha value is -4.47. The number of nitrogens with zero attached hydrogens (tertiary/aromatic N) is 4. The lowest BCUT2D eigenvalue weighted by atomic mass is 9.93. The number of hydrogen-bond donors (Lipinski definition) is 2. The van der Waals surface area contributed by atoms with Crippen LogP contribution in [0.15, 0.2) is 48.6 Å². The molecular weight excluding hydrogens is 629 g/mol. The van der Waals surface area contributed by atoms with Gasteiger partial charge in [0.2, 0.25) is 0 Å². The van der Waals surface area contributed by atoms with Gasteiger partial charge in [-0.3, -0.25) is 4.90 Å². The van der Waals surface area contributed by atoms with Crippen molar-refractivity contribution in [2.75, 3.05) is 37.7 Å².